The van der Waals surface area contributed by atoms with Crippen LogP contribution in [0.2, 0.25) is 0 Å². The molecule has 1 aromatic heterocycles. The summed E-state index contributed by atoms with van der Waals surface area (Å²) in [6.45, 7) is 8.41. The molecule has 0 fully saturated rings. The Bertz CT molecular complexity index is 967. The highest BCUT2D eigenvalue weighted by Crippen LogP contribution is 2.22. The fraction of sp³-hybridized carbons (Fsp3) is 0.261. The summed E-state index contributed by atoms with van der Waals surface area (Å²) in [4.78, 5) is 20.7. The van der Waals surface area contributed by atoms with E-state index in [4.69, 9.17) is 4.74 Å². The van der Waals surface area contributed by atoms with Gasteiger partial charge in [-0.1, -0.05) is 26.0 Å². The number of benzene rings is 2. The number of aryl methyl sites for hydroxylation is 1. The Balaban J connectivity index is 1.72. The summed E-state index contributed by atoms with van der Waals surface area (Å²) < 4.78 is 5.00. The number of esters is 1. The van der Waals surface area contributed by atoms with Gasteiger partial charge in [-0.3, -0.25) is 0 Å². The van der Waals surface area contributed by atoms with E-state index in [1.807, 2.05) is 25.1 Å². The molecule has 29 heavy (non-hydrogen) atoms. The minimum absolute atomic E-state index is 0.333. The number of ether oxygens (including phenoxy) is 1. The van der Waals surface area contributed by atoms with Crippen molar-refractivity contribution in [2.75, 3.05) is 17.2 Å². The van der Waals surface area contributed by atoms with Crippen molar-refractivity contribution < 1.29 is 9.53 Å². The fourth-order valence-corrected chi connectivity index (χ4v) is 2.82. The minimum Gasteiger partial charge on any atom is -0.462 e. The van der Waals surface area contributed by atoms with E-state index in [1.54, 1.807) is 31.2 Å². The summed E-state index contributed by atoms with van der Waals surface area (Å²) in [6.07, 6.45) is 0. The third kappa shape index (κ3) is 5.54. The van der Waals surface area contributed by atoms with Crippen LogP contribution >= 0.6 is 0 Å². The molecule has 0 spiro atoms. The van der Waals surface area contributed by atoms with Crippen molar-refractivity contribution in [3.8, 4) is 0 Å². The van der Waals surface area contributed by atoms with Gasteiger partial charge in [-0.2, -0.15) is 4.98 Å². The highest BCUT2D eigenvalue weighted by molar-refractivity contribution is 5.89. The molecule has 3 rings (SSSR count). The zero-order valence-corrected chi connectivity index (χ0v) is 17.2. The van der Waals surface area contributed by atoms with Gasteiger partial charge in [0.2, 0.25) is 5.95 Å². The van der Waals surface area contributed by atoms with Gasteiger partial charge in [0.05, 0.1) is 12.2 Å². The van der Waals surface area contributed by atoms with Crippen LogP contribution in [0.3, 0.4) is 0 Å². The standard InChI is InChI=1S/C23H26N4O2/c1-5-29-22(28)18-8-12-20(13-9-18)26-23-24-16(4)14-21(27-23)25-19-10-6-17(7-11-19)15(2)3/h6-15H,5H2,1-4H3,(H2,24,25,26,27). The molecule has 6 nitrogen and oxygen atoms in total. The van der Waals surface area contributed by atoms with Crippen LogP contribution in [0.1, 0.15) is 48.3 Å². The highest BCUT2D eigenvalue weighted by atomic mass is 16.5. The molecule has 0 aliphatic rings. The molecule has 6 heteroatoms. The molecule has 150 valence electrons. The molecule has 0 saturated carbocycles. The average molecular weight is 390 g/mol. The van der Waals surface area contributed by atoms with Gasteiger partial charge in [-0.25, -0.2) is 9.78 Å². The number of carbonyl (C=O) groups excluding carboxylic acids is 1. The molecule has 0 aliphatic heterocycles. The predicted molar refractivity (Wildman–Crippen MR) is 116 cm³/mol. The van der Waals surface area contributed by atoms with Crippen LogP contribution < -0.4 is 10.6 Å². The Morgan fingerprint density at radius 3 is 2.21 bits per heavy atom. The van der Waals surface area contributed by atoms with E-state index in [9.17, 15) is 4.79 Å². The summed E-state index contributed by atoms with van der Waals surface area (Å²) in [7, 11) is 0. The number of rotatable bonds is 7. The first-order valence-corrected chi connectivity index (χ1v) is 9.71. The molecular weight excluding hydrogens is 364 g/mol. The lowest BCUT2D eigenvalue weighted by Crippen LogP contribution is -2.05. The van der Waals surface area contributed by atoms with Crippen molar-refractivity contribution in [2.45, 2.75) is 33.6 Å². The second-order valence-electron chi connectivity index (χ2n) is 7.04. The number of carbonyl (C=O) groups is 1. The topological polar surface area (TPSA) is 76.1 Å². The number of nitrogens with one attached hydrogen (secondary N) is 2. The largest absolute Gasteiger partial charge is 0.462 e. The van der Waals surface area contributed by atoms with Crippen LogP contribution in [0.25, 0.3) is 0 Å². The predicted octanol–water partition coefficient (Wildman–Crippen LogP) is 5.57. The third-order valence-corrected chi connectivity index (χ3v) is 4.36. The Hall–Kier alpha value is -3.41. The smallest absolute Gasteiger partial charge is 0.338 e. The molecule has 0 atom stereocenters. The van der Waals surface area contributed by atoms with E-state index in [0.717, 1.165) is 17.1 Å². The Morgan fingerprint density at radius 2 is 1.59 bits per heavy atom. The Labute approximate surface area is 171 Å². The second kappa shape index (κ2) is 9.19. The molecule has 2 N–H and O–H groups in total. The van der Waals surface area contributed by atoms with Gasteiger partial charge < -0.3 is 15.4 Å². The lowest BCUT2D eigenvalue weighted by Gasteiger charge is -2.11. The molecule has 0 aliphatic carbocycles. The first kappa shape index (κ1) is 20.3. The van der Waals surface area contributed by atoms with Crippen molar-refractivity contribution in [1.29, 1.82) is 0 Å². The lowest BCUT2D eigenvalue weighted by molar-refractivity contribution is 0.0526. The Kier molecular flexibility index (Phi) is 6.44. The minimum atomic E-state index is -0.333. The van der Waals surface area contributed by atoms with Crippen LogP contribution in [0.15, 0.2) is 54.6 Å². The van der Waals surface area contributed by atoms with E-state index in [1.165, 1.54) is 5.56 Å². The molecule has 0 bridgehead atoms. The average Bonchev–Trinajstić information content (AvgIpc) is 2.68. The molecule has 0 unspecified atom stereocenters. The van der Waals surface area contributed by atoms with E-state index in [2.05, 4.69) is 46.6 Å². The summed E-state index contributed by atoms with van der Waals surface area (Å²) in [5.41, 5.74) is 4.40. The van der Waals surface area contributed by atoms with Crippen LogP contribution in [0.5, 0.6) is 0 Å². The van der Waals surface area contributed by atoms with E-state index in [-0.39, 0.29) is 5.97 Å². The summed E-state index contributed by atoms with van der Waals surface area (Å²) >= 11 is 0. The summed E-state index contributed by atoms with van der Waals surface area (Å²) in [5, 5.41) is 6.50. The maximum Gasteiger partial charge on any atom is 0.338 e. The van der Waals surface area contributed by atoms with Gasteiger partial charge in [-0.05, 0) is 61.7 Å². The van der Waals surface area contributed by atoms with Crippen LogP contribution in [0, 0.1) is 6.92 Å². The normalized spacial score (nSPS) is 10.7. The summed E-state index contributed by atoms with van der Waals surface area (Å²) in [5.74, 6) is 1.35. The van der Waals surface area contributed by atoms with Crippen LogP contribution in [-0.2, 0) is 4.74 Å². The fourth-order valence-electron chi connectivity index (χ4n) is 2.82. The van der Waals surface area contributed by atoms with Crippen LogP contribution in [-0.4, -0.2) is 22.5 Å². The highest BCUT2D eigenvalue weighted by Gasteiger charge is 2.08. The molecule has 0 saturated heterocycles. The third-order valence-electron chi connectivity index (χ3n) is 4.36. The zero-order chi connectivity index (χ0) is 20.8. The molecule has 2 aromatic carbocycles. The Morgan fingerprint density at radius 1 is 0.966 bits per heavy atom. The van der Waals surface area contributed by atoms with E-state index >= 15 is 0 Å². The number of aromatic nitrogens is 2. The number of nitrogens with zero attached hydrogens (tertiary/aromatic N) is 2. The van der Waals surface area contributed by atoms with Crippen LogP contribution in [0.4, 0.5) is 23.1 Å². The lowest BCUT2D eigenvalue weighted by atomic mass is 10.0. The van der Waals surface area contributed by atoms with Crippen molar-refractivity contribution in [2.24, 2.45) is 0 Å². The molecular formula is C23H26N4O2. The van der Waals surface area contributed by atoms with Crippen molar-refractivity contribution in [1.82, 2.24) is 9.97 Å². The number of hydrogen-bond acceptors (Lipinski definition) is 6. The van der Waals surface area contributed by atoms with Gasteiger partial charge in [0, 0.05) is 23.1 Å². The SMILES string of the molecule is CCOC(=O)c1ccc(Nc2nc(C)cc(Nc3ccc(C(C)C)cc3)n2)cc1. The van der Waals surface area contributed by atoms with Gasteiger partial charge in [0.15, 0.2) is 0 Å². The quantitative estimate of drug-likeness (QED) is 0.514. The van der Waals surface area contributed by atoms with E-state index in [0.29, 0.717) is 29.9 Å². The molecule has 1 heterocycles. The van der Waals surface area contributed by atoms with E-state index < -0.39 is 0 Å². The van der Waals surface area contributed by atoms with Gasteiger partial charge in [0.1, 0.15) is 5.82 Å². The number of hydrogen-bond donors (Lipinski definition) is 2. The first-order valence-electron chi connectivity index (χ1n) is 9.71. The first-order chi connectivity index (χ1) is 13.9. The van der Waals surface area contributed by atoms with Crippen molar-refractivity contribution >= 4 is 29.1 Å². The maximum atomic E-state index is 11.8. The molecule has 0 amide bonds. The van der Waals surface area contributed by atoms with Gasteiger partial charge >= 0.3 is 5.97 Å². The summed E-state index contributed by atoms with van der Waals surface area (Å²) in [6, 6.07) is 17.3. The van der Waals surface area contributed by atoms with Crippen molar-refractivity contribution in [3.05, 3.63) is 71.4 Å². The van der Waals surface area contributed by atoms with Gasteiger partial charge in [0.25, 0.3) is 0 Å². The molecule has 0 radical (unpaired) electrons. The second-order valence-corrected chi connectivity index (χ2v) is 7.04. The maximum absolute atomic E-state index is 11.8. The van der Waals surface area contributed by atoms with Gasteiger partial charge in [-0.15, -0.1) is 0 Å². The molecule has 3 aromatic rings. The monoisotopic (exact) mass is 390 g/mol. The number of anilines is 4. The van der Waals surface area contributed by atoms with Crippen molar-refractivity contribution in [3.63, 3.8) is 0 Å². The zero-order valence-electron chi connectivity index (χ0n) is 17.2.